The third-order valence-corrected chi connectivity index (χ3v) is 1.73. The predicted molar refractivity (Wildman–Crippen MR) is 48.3 cm³/mol. The average molecular weight is 226 g/mol. The fraction of sp³-hybridized carbons (Fsp3) is 0. The van der Waals surface area contributed by atoms with Crippen LogP contribution in [0.25, 0.3) is 0 Å². The SMILES string of the molecule is N#Cc1cc(N)c(C(=[NH2+])Br)cn1. The summed E-state index contributed by atoms with van der Waals surface area (Å²) >= 11 is 3.07. The lowest BCUT2D eigenvalue weighted by atomic mass is 10.2. The quantitative estimate of drug-likeness (QED) is 0.629. The number of nitrogens with zero attached hydrogens (tertiary/aromatic N) is 2. The molecule has 1 aromatic rings. The lowest BCUT2D eigenvalue weighted by Crippen LogP contribution is -2.36. The van der Waals surface area contributed by atoms with Crippen LogP contribution in [-0.2, 0) is 0 Å². The molecule has 0 aliphatic heterocycles. The van der Waals surface area contributed by atoms with Gasteiger partial charge in [0, 0.05) is 22.1 Å². The van der Waals surface area contributed by atoms with E-state index in [0.717, 1.165) is 0 Å². The van der Waals surface area contributed by atoms with E-state index >= 15 is 0 Å². The van der Waals surface area contributed by atoms with E-state index < -0.39 is 0 Å². The monoisotopic (exact) mass is 225 g/mol. The summed E-state index contributed by atoms with van der Waals surface area (Å²) < 4.78 is 0.414. The van der Waals surface area contributed by atoms with Gasteiger partial charge in [-0.1, -0.05) is 0 Å². The van der Waals surface area contributed by atoms with Crippen LogP contribution in [0.3, 0.4) is 0 Å². The topological polar surface area (TPSA) is 88.3 Å². The largest absolute Gasteiger partial charge is 0.398 e. The zero-order chi connectivity index (χ0) is 9.14. The van der Waals surface area contributed by atoms with Gasteiger partial charge in [0.2, 0.25) is 4.62 Å². The lowest BCUT2D eigenvalue weighted by Gasteiger charge is -1.97. The Kier molecular flexibility index (Phi) is 2.41. The van der Waals surface area contributed by atoms with Crippen molar-refractivity contribution in [3.05, 3.63) is 23.5 Å². The first-order valence-corrected chi connectivity index (χ1v) is 3.88. The van der Waals surface area contributed by atoms with E-state index in [2.05, 4.69) is 20.9 Å². The van der Waals surface area contributed by atoms with E-state index in [4.69, 9.17) is 16.4 Å². The molecular formula is C7H6BrN4+. The molecule has 4 N–H and O–H groups in total. The van der Waals surface area contributed by atoms with E-state index in [-0.39, 0.29) is 5.69 Å². The number of nitrogen functional groups attached to an aromatic ring is 1. The first-order chi connectivity index (χ1) is 5.65. The summed E-state index contributed by atoms with van der Waals surface area (Å²) in [6.07, 6.45) is 1.46. The standard InChI is InChI=1S/C7H5BrN4/c8-7(11)5-3-12-4(2-9)1-6(5)10/h1,3,11H,(H2,10,12)/p+1. The highest BCUT2D eigenvalue weighted by molar-refractivity contribution is 9.18. The van der Waals surface area contributed by atoms with Gasteiger partial charge in [-0.2, -0.15) is 5.26 Å². The highest BCUT2D eigenvalue weighted by Gasteiger charge is 2.08. The zero-order valence-corrected chi connectivity index (χ0v) is 7.67. The Balaban J connectivity index is 3.23. The molecule has 12 heavy (non-hydrogen) atoms. The Bertz CT molecular complexity index is 366. The van der Waals surface area contributed by atoms with Gasteiger partial charge in [0.15, 0.2) is 0 Å². The minimum Gasteiger partial charge on any atom is -0.398 e. The number of aromatic nitrogens is 1. The van der Waals surface area contributed by atoms with Crippen molar-refractivity contribution in [1.29, 1.82) is 5.26 Å². The number of nitriles is 1. The number of pyridine rings is 1. The van der Waals surface area contributed by atoms with E-state index in [1.807, 2.05) is 6.07 Å². The van der Waals surface area contributed by atoms with Crippen LogP contribution in [0.4, 0.5) is 5.69 Å². The third-order valence-electron chi connectivity index (χ3n) is 1.31. The molecule has 1 aromatic heterocycles. The number of nitrogens with two attached hydrogens (primary N) is 2. The molecule has 0 saturated carbocycles. The number of hydrogen-bond acceptors (Lipinski definition) is 3. The molecule has 0 atom stereocenters. The van der Waals surface area contributed by atoms with Crippen LogP contribution < -0.4 is 11.1 Å². The summed E-state index contributed by atoms with van der Waals surface area (Å²) in [5.74, 6) is 0. The van der Waals surface area contributed by atoms with Gasteiger partial charge in [0.25, 0.3) is 0 Å². The van der Waals surface area contributed by atoms with Crippen LogP contribution >= 0.6 is 15.9 Å². The van der Waals surface area contributed by atoms with E-state index in [9.17, 15) is 0 Å². The van der Waals surface area contributed by atoms with Crippen LogP contribution in [0, 0.1) is 11.3 Å². The molecule has 0 unspecified atom stereocenters. The second-order valence-electron chi connectivity index (χ2n) is 2.12. The highest BCUT2D eigenvalue weighted by Crippen LogP contribution is 2.12. The number of rotatable bonds is 1. The molecule has 0 radical (unpaired) electrons. The Labute approximate surface area is 77.7 Å². The van der Waals surface area contributed by atoms with Crippen molar-refractivity contribution in [2.75, 3.05) is 5.73 Å². The Morgan fingerprint density at radius 1 is 1.75 bits per heavy atom. The molecule has 0 aliphatic rings. The van der Waals surface area contributed by atoms with Gasteiger partial charge in [-0.05, 0) is 6.07 Å². The van der Waals surface area contributed by atoms with Gasteiger partial charge < -0.3 is 5.73 Å². The maximum absolute atomic E-state index is 8.47. The van der Waals surface area contributed by atoms with Crippen molar-refractivity contribution in [1.82, 2.24) is 4.98 Å². The maximum atomic E-state index is 8.47. The molecule has 0 saturated heterocycles. The van der Waals surface area contributed by atoms with Gasteiger partial charge in [-0.15, -0.1) is 0 Å². The number of halogens is 1. The molecular weight excluding hydrogens is 220 g/mol. The Morgan fingerprint density at radius 2 is 2.42 bits per heavy atom. The van der Waals surface area contributed by atoms with Crippen molar-refractivity contribution < 1.29 is 5.41 Å². The second kappa shape index (κ2) is 3.32. The van der Waals surface area contributed by atoms with Crippen LogP contribution in [0.2, 0.25) is 0 Å². The van der Waals surface area contributed by atoms with Gasteiger partial charge >= 0.3 is 0 Å². The van der Waals surface area contributed by atoms with Gasteiger partial charge in [0.1, 0.15) is 11.8 Å². The molecule has 1 heterocycles. The van der Waals surface area contributed by atoms with Crippen LogP contribution in [0.5, 0.6) is 0 Å². The lowest BCUT2D eigenvalue weighted by molar-refractivity contribution is -0.106. The molecule has 60 valence electrons. The molecule has 5 heteroatoms. The third kappa shape index (κ3) is 1.60. The molecule has 0 aromatic carbocycles. The Morgan fingerprint density at radius 3 is 2.83 bits per heavy atom. The molecule has 0 amide bonds. The number of hydrogen-bond donors (Lipinski definition) is 2. The number of anilines is 1. The normalized spacial score (nSPS) is 9.00. The van der Waals surface area contributed by atoms with E-state index in [1.54, 1.807) is 0 Å². The van der Waals surface area contributed by atoms with Crippen molar-refractivity contribution in [2.45, 2.75) is 0 Å². The molecule has 0 spiro atoms. The molecule has 0 aliphatic carbocycles. The maximum Gasteiger partial charge on any atom is 0.250 e. The van der Waals surface area contributed by atoms with E-state index in [1.165, 1.54) is 12.3 Å². The van der Waals surface area contributed by atoms with Gasteiger partial charge in [-0.3, -0.25) is 0 Å². The highest BCUT2D eigenvalue weighted by atomic mass is 79.9. The van der Waals surface area contributed by atoms with Crippen molar-refractivity contribution >= 4 is 26.2 Å². The Hall–Kier alpha value is -1.41. The molecule has 0 fully saturated rings. The van der Waals surface area contributed by atoms with Gasteiger partial charge in [0.05, 0.1) is 11.3 Å². The second-order valence-corrected chi connectivity index (χ2v) is 2.97. The molecule has 0 bridgehead atoms. The fourth-order valence-corrected chi connectivity index (χ4v) is 1.06. The van der Waals surface area contributed by atoms with Crippen molar-refractivity contribution in [2.24, 2.45) is 0 Å². The predicted octanol–water partition coefficient (Wildman–Crippen LogP) is -0.564. The van der Waals surface area contributed by atoms with Crippen LogP contribution in [-0.4, -0.2) is 9.60 Å². The van der Waals surface area contributed by atoms with E-state index in [0.29, 0.717) is 15.9 Å². The first-order valence-electron chi connectivity index (χ1n) is 3.09. The molecule has 4 nitrogen and oxygen atoms in total. The average Bonchev–Trinajstić information content (AvgIpc) is 2.03. The smallest absolute Gasteiger partial charge is 0.250 e. The summed E-state index contributed by atoms with van der Waals surface area (Å²) in [4.78, 5) is 3.81. The minimum absolute atomic E-state index is 0.282. The molecule has 1 rings (SSSR count). The zero-order valence-electron chi connectivity index (χ0n) is 6.08. The van der Waals surface area contributed by atoms with Crippen molar-refractivity contribution in [3.8, 4) is 6.07 Å². The van der Waals surface area contributed by atoms with Crippen LogP contribution in [0.1, 0.15) is 11.3 Å². The minimum atomic E-state index is 0.282. The summed E-state index contributed by atoms with van der Waals surface area (Å²) in [7, 11) is 0. The van der Waals surface area contributed by atoms with Gasteiger partial charge in [-0.25, -0.2) is 10.4 Å². The fourth-order valence-electron chi connectivity index (χ4n) is 0.732. The van der Waals surface area contributed by atoms with Crippen LogP contribution in [0.15, 0.2) is 12.3 Å². The summed E-state index contributed by atoms with van der Waals surface area (Å²) in [6, 6.07) is 3.35. The summed E-state index contributed by atoms with van der Waals surface area (Å²) in [5, 5.41) is 13.9. The first kappa shape index (κ1) is 8.68. The van der Waals surface area contributed by atoms with Crippen molar-refractivity contribution in [3.63, 3.8) is 0 Å². The summed E-state index contributed by atoms with van der Waals surface area (Å²) in [6.45, 7) is 0. The summed E-state index contributed by atoms with van der Waals surface area (Å²) in [5.41, 5.74) is 6.90.